The Labute approximate surface area is 90.2 Å². The molecule has 0 aliphatic rings. The lowest BCUT2D eigenvalue weighted by Crippen LogP contribution is -2.09. The van der Waals surface area contributed by atoms with Crippen LogP contribution in [-0.4, -0.2) is 13.2 Å². The van der Waals surface area contributed by atoms with Crippen molar-refractivity contribution in [1.29, 1.82) is 0 Å². The molecule has 1 rings (SSSR count). The summed E-state index contributed by atoms with van der Waals surface area (Å²) in [7, 11) is 0. The van der Waals surface area contributed by atoms with Crippen LogP contribution >= 0.6 is 0 Å². The standard InChI is InChI=1S/C13H12O2/c1-3-10-14-13(15-11-4-2)12-8-6-5-7-9-12/h1-2,5-9,13H,10-11H2. The van der Waals surface area contributed by atoms with E-state index in [1.165, 1.54) is 0 Å². The fourth-order valence-corrected chi connectivity index (χ4v) is 1.10. The molecule has 0 aliphatic heterocycles. The topological polar surface area (TPSA) is 18.5 Å². The number of benzene rings is 1. The number of terminal acetylenes is 2. The summed E-state index contributed by atoms with van der Waals surface area (Å²) in [6.45, 7) is 0.397. The molecule has 2 nitrogen and oxygen atoms in total. The van der Waals surface area contributed by atoms with E-state index in [1.807, 2.05) is 30.3 Å². The van der Waals surface area contributed by atoms with Crippen LogP contribution in [0.2, 0.25) is 0 Å². The number of hydrogen-bond acceptors (Lipinski definition) is 2. The van der Waals surface area contributed by atoms with Crippen molar-refractivity contribution >= 4 is 0 Å². The highest BCUT2D eigenvalue weighted by atomic mass is 16.7. The monoisotopic (exact) mass is 200 g/mol. The summed E-state index contributed by atoms with van der Waals surface area (Å²) in [5, 5.41) is 0. The summed E-state index contributed by atoms with van der Waals surface area (Å²) in [6.07, 6.45) is 9.74. The van der Waals surface area contributed by atoms with E-state index in [0.29, 0.717) is 0 Å². The molecular weight excluding hydrogens is 188 g/mol. The Morgan fingerprint density at radius 3 is 2.00 bits per heavy atom. The van der Waals surface area contributed by atoms with Gasteiger partial charge in [-0.15, -0.1) is 12.8 Å². The lowest BCUT2D eigenvalue weighted by atomic mass is 10.2. The smallest absolute Gasteiger partial charge is 0.186 e. The SMILES string of the molecule is C#CCOC(OCC#C)c1ccccc1. The minimum Gasteiger partial charge on any atom is -0.336 e. The molecule has 0 aliphatic carbocycles. The third-order valence-electron chi connectivity index (χ3n) is 1.71. The first-order valence-corrected chi connectivity index (χ1v) is 4.53. The third-order valence-corrected chi connectivity index (χ3v) is 1.71. The van der Waals surface area contributed by atoms with Crippen LogP contribution in [-0.2, 0) is 9.47 Å². The Balaban J connectivity index is 2.64. The van der Waals surface area contributed by atoms with E-state index in [1.54, 1.807) is 0 Å². The molecule has 0 aromatic heterocycles. The van der Waals surface area contributed by atoms with E-state index in [4.69, 9.17) is 22.3 Å². The first-order valence-electron chi connectivity index (χ1n) is 4.53. The van der Waals surface area contributed by atoms with Gasteiger partial charge in [0.2, 0.25) is 0 Å². The van der Waals surface area contributed by atoms with E-state index in [2.05, 4.69) is 11.8 Å². The Bertz CT molecular complexity index is 338. The van der Waals surface area contributed by atoms with Gasteiger partial charge in [0.1, 0.15) is 13.2 Å². The predicted molar refractivity (Wildman–Crippen MR) is 58.8 cm³/mol. The first kappa shape index (κ1) is 11.3. The van der Waals surface area contributed by atoms with Crippen molar-refractivity contribution in [3.05, 3.63) is 35.9 Å². The van der Waals surface area contributed by atoms with Crippen molar-refractivity contribution in [2.24, 2.45) is 0 Å². The molecule has 0 atom stereocenters. The maximum Gasteiger partial charge on any atom is 0.186 e. The van der Waals surface area contributed by atoms with Crippen LogP contribution in [0, 0.1) is 24.7 Å². The molecule has 2 heteroatoms. The molecule has 1 aromatic rings. The second-order valence-corrected chi connectivity index (χ2v) is 2.77. The molecule has 15 heavy (non-hydrogen) atoms. The van der Waals surface area contributed by atoms with Gasteiger partial charge >= 0.3 is 0 Å². The molecule has 0 spiro atoms. The van der Waals surface area contributed by atoms with Crippen molar-refractivity contribution < 1.29 is 9.47 Å². The van der Waals surface area contributed by atoms with E-state index in [-0.39, 0.29) is 13.2 Å². The van der Waals surface area contributed by atoms with Crippen LogP contribution in [0.1, 0.15) is 11.9 Å². The summed E-state index contributed by atoms with van der Waals surface area (Å²) < 4.78 is 10.7. The number of hydrogen-bond donors (Lipinski definition) is 0. The minimum atomic E-state index is -0.488. The maximum atomic E-state index is 5.33. The summed E-state index contributed by atoms with van der Waals surface area (Å²) in [6, 6.07) is 9.53. The summed E-state index contributed by atoms with van der Waals surface area (Å²) >= 11 is 0. The molecule has 0 N–H and O–H groups in total. The van der Waals surface area contributed by atoms with Crippen molar-refractivity contribution in [3.8, 4) is 24.7 Å². The van der Waals surface area contributed by atoms with Crippen LogP contribution in [0.15, 0.2) is 30.3 Å². The molecule has 0 radical (unpaired) electrons. The lowest BCUT2D eigenvalue weighted by Gasteiger charge is -2.16. The molecule has 0 unspecified atom stereocenters. The van der Waals surface area contributed by atoms with Gasteiger partial charge in [-0.3, -0.25) is 0 Å². The van der Waals surface area contributed by atoms with Gasteiger partial charge in [0.15, 0.2) is 6.29 Å². The Kier molecular flexibility index (Phi) is 5.04. The van der Waals surface area contributed by atoms with Gasteiger partial charge in [0.25, 0.3) is 0 Å². The van der Waals surface area contributed by atoms with Crippen LogP contribution in [0.4, 0.5) is 0 Å². The van der Waals surface area contributed by atoms with Crippen LogP contribution in [0.25, 0.3) is 0 Å². The summed E-state index contributed by atoms with van der Waals surface area (Å²) in [5.74, 6) is 4.78. The van der Waals surface area contributed by atoms with Crippen LogP contribution in [0.3, 0.4) is 0 Å². The lowest BCUT2D eigenvalue weighted by molar-refractivity contribution is -0.128. The molecule has 0 amide bonds. The molecule has 0 saturated heterocycles. The molecule has 1 aromatic carbocycles. The highest BCUT2D eigenvalue weighted by Crippen LogP contribution is 2.17. The first-order chi connectivity index (χ1) is 7.38. The Hall–Kier alpha value is -1.74. The van der Waals surface area contributed by atoms with Crippen molar-refractivity contribution in [2.45, 2.75) is 6.29 Å². The summed E-state index contributed by atoms with van der Waals surface area (Å²) in [5.41, 5.74) is 0.906. The zero-order valence-electron chi connectivity index (χ0n) is 8.35. The van der Waals surface area contributed by atoms with Gasteiger partial charge in [-0.2, -0.15) is 0 Å². The van der Waals surface area contributed by atoms with Gasteiger partial charge in [0, 0.05) is 5.56 Å². The largest absolute Gasteiger partial charge is 0.336 e. The van der Waals surface area contributed by atoms with E-state index >= 15 is 0 Å². The average molecular weight is 200 g/mol. The second-order valence-electron chi connectivity index (χ2n) is 2.77. The minimum absolute atomic E-state index is 0.199. The fourth-order valence-electron chi connectivity index (χ4n) is 1.10. The fraction of sp³-hybridized carbons (Fsp3) is 0.231. The summed E-state index contributed by atoms with van der Waals surface area (Å²) in [4.78, 5) is 0. The van der Waals surface area contributed by atoms with E-state index < -0.39 is 6.29 Å². The molecule has 0 heterocycles. The average Bonchev–Trinajstić information content (AvgIpc) is 2.30. The highest BCUT2D eigenvalue weighted by Gasteiger charge is 2.10. The van der Waals surface area contributed by atoms with Crippen molar-refractivity contribution in [2.75, 3.05) is 13.2 Å². The van der Waals surface area contributed by atoms with Gasteiger partial charge in [-0.05, 0) is 0 Å². The zero-order valence-corrected chi connectivity index (χ0v) is 8.35. The van der Waals surface area contributed by atoms with E-state index in [9.17, 15) is 0 Å². The Morgan fingerprint density at radius 1 is 1.00 bits per heavy atom. The second kappa shape index (κ2) is 6.68. The van der Waals surface area contributed by atoms with Gasteiger partial charge in [-0.1, -0.05) is 42.2 Å². The number of rotatable bonds is 5. The van der Waals surface area contributed by atoms with Crippen molar-refractivity contribution in [3.63, 3.8) is 0 Å². The predicted octanol–water partition coefficient (Wildman–Crippen LogP) is 1.98. The van der Waals surface area contributed by atoms with Gasteiger partial charge < -0.3 is 9.47 Å². The van der Waals surface area contributed by atoms with Crippen LogP contribution in [0.5, 0.6) is 0 Å². The number of ether oxygens (including phenoxy) is 2. The molecule has 0 bridgehead atoms. The zero-order chi connectivity index (χ0) is 10.9. The third kappa shape index (κ3) is 3.87. The van der Waals surface area contributed by atoms with E-state index in [0.717, 1.165) is 5.56 Å². The quantitative estimate of drug-likeness (QED) is 0.534. The molecule has 76 valence electrons. The maximum absolute atomic E-state index is 5.33. The molecule has 0 fully saturated rings. The highest BCUT2D eigenvalue weighted by molar-refractivity contribution is 5.16. The van der Waals surface area contributed by atoms with Crippen LogP contribution < -0.4 is 0 Å². The molecule has 0 saturated carbocycles. The van der Waals surface area contributed by atoms with Crippen molar-refractivity contribution in [1.82, 2.24) is 0 Å². The van der Waals surface area contributed by atoms with Gasteiger partial charge in [-0.25, -0.2) is 0 Å². The molecular formula is C13H12O2. The normalized spacial score (nSPS) is 9.53. The Morgan fingerprint density at radius 2 is 1.53 bits per heavy atom. The van der Waals surface area contributed by atoms with Gasteiger partial charge in [0.05, 0.1) is 0 Å².